The summed E-state index contributed by atoms with van der Waals surface area (Å²) in [5.41, 5.74) is 3.73. The number of piperazine rings is 1. The van der Waals surface area contributed by atoms with Crippen molar-refractivity contribution in [2.75, 3.05) is 31.1 Å². The Balaban J connectivity index is 1.42. The van der Waals surface area contributed by atoms with Gasteiger partial charge in [0, 0.05) is 31.2 Å². The van der Waals surface area contributed by atoms with Gasteiger partial charge < -0.3 is 9.80 Å². The lowest BCUT2D eigenvalue weighted by Crippen LogP contribution is -2.49. The number of anilines is 1. The van der Waals surface area contributed by atoms with Crippen molar-refractivity contribution in [3.8, 4) is 0 Å². The number of aromatic nitrogens is 2. The van der Waals surface area contributed by atoms with E-state index in [0.29, 0.717) is 24.5 Å². The number of benzene rings is 2. The Morgan fingerprint density at radius 3 is 2.26 bits per heavy atom. The van der Waals surface area contributed by atoms with Crippen LogP contribution in [0.1, 0.15) is 11.3 Å². The fourth-order valence-corrected chi connectivity index (χ4v) is 3.56. The van der Waals surface area contributed by atoms with Crippen LogP contribution in [0.5, 0.6) is 0 Å². The van der Waals surface area contributed by atoms with E-state index in [2.05, 4.69) is 9.88 Å². The van der Waals surface area contributed by atoms with Crippen molar-refractivity contribution >= 4 is 34.4 Å². The summed E-state index contributed by atoms with van der Waals surface area (Å²) in [5, 5.41) is 0.687. The van der Waals surface area contributed by atoms with Crippen molar-refractivity contribution in [2.45, 2.75) is 13.3 Å². The van der Waals surface area contributed by atoms with Gasteiger partial charge in [0.05, 0.1) is 23.1 Å². The van der Waals surface area contributed by atoms with Gasteiger partial charge in [0.25, 0.3) is 0 Å². The number of carbonyl (C=O) groups is 1. The molecule has 0 N–H and O–H groups in total. The molecule has 0 bridgehead atoms. The normalized spacial score (nSPS) is 14.6. The quantitative estimate of drug-likeness (QED) is 0.698. The highest BCUT2D eigenvalue weighted by atomic mass is 35.5. The Labute approximate surface area is 163 Å². The number of hydrogen-bond acceptors (Lipinski definition) is 4. The topological polar surface area (TPSA) is 49.3 Å². The highest BCUT2D eigenvalue weighted by Crippen LogP contribution is 2.21. The minimum atomic E-state index is 0.151. The second-order valence-corrected chi connectivity index (χ2v) is 7.23. The van der Waals surface area contributed by atoms with Gasteiger partial charge in [0.1, 0.15) is 0 Å². The maximum Gasteiger partial charge on any atom is 0.227 e. The zero-order valence-corrected chi connectivity index (χ0v) is 16.0. The largest absolute Gasteiger partial charge is 0.352 e. The van der Waals surface area contributed by atoms with Gasteiger partial charge >= 0.3 is 0 Å². The molecule has 1 saturated heterocycles. The molecule has 0 unspecified atom stereocenters. The molecule has 5 nitrogen and oxygen atoms in total. The molecule has 1 fully saturated rings. The molecule has 0 spiro atoms. The van der Waals surface area contributed by atoms with E-state index in [1.165, 1.54) is 0 Å². The van der Waals surface area contributed by atoms with E-state index in [1.807, 2.05) is 60.4 Å². The van der Waals surface area contributed by atoms with Crippen LogP contribution in [0, 0.1) is 6.92 Å². The third-order valence-electron chi connectivity index (χ3n) is 4.92. The summed E-state index contributed by atoms with van der Waals surface area (Å²) >= 11 is 5.91. The molecule has 0 aliphatic carbocycles. The molecule has 138 valence electrons. The van der Waals surface area contributed by atoms with Gasteiger partial charge in [-0.25, -0.2) is 9.97 Å². The number of carbonyl (C=O) groups excluding carboxylic acids is 1. The summed E-state index contributed by atoms with van der Waals surface area (Å²) in [6, 6.07) is 15.4. The van der Waals surface area contributed by atoms with Crippen molar-refractivity contribution in [1.82, 2.24) is 14.9 Å². The van der Waals surface area contributed by atoms with Crippen molar-refractivity contribution in [2.24, 2.45) is 0 Å². The maximum absolute atomic E-state index is 12.6. The summed E-state index contributed by atoms with van der Waals surface area (Å²) in [6.07, 6.45) is 0.409. The molecule has 2 heterocycles. The Kier molecular flexibility index (Phi) is 4.94. The maximum atomic E-state index is 12.6. The number of rotatable bonds is 3. The van der Waals surface area contributed by atoms with Crippen LogP contribution in [0.15, 0.2) is 48.5 Å². The van der Waals surface area contributed by atoms with Crippen molar-refractivity contribution in [3.05, 3.63) is 64.8 Å². The predicted octanol–water partition coefficient (Wildman–Crippen LogP) is 3.48. The molecule has 1 amide bonds. The van der Waals surface area contributed by atoms with E-state index in [0.717, 1.165) is 41.2 Å². The first-order valence-electron chi connectivity index (χ1n) is 9.11. The molecule has 1 aliphatic rings. The molecule has 0 radical (unpaired) electrons. The van der Waals surface area contributed by atoms with Crippen LogP contribution < -0.4 is 4.90 Å². The minimum Gasteiger partial charge on any atom is -0.352 e. The number of hydrogen-bond donors (Lipinski definition) is 0. The van der Waals surface area contributed by atoms with E-state index in [9.17, 15) is 4.79 Å². The zero-order chi connectivity index (χ0) is 18.8. The first kappa shape index (κ1) is 17.7. The SMILES string of the molecule is Cc1nc2ccccc2nc1N1CCN(C(=O)Cc2ccc(Cl)cc2)CC1. The predicted molar refractivity (Wildman–Crippen MR) is 108 cm³/mol. The summed E-state index contributed by atoms with van der Waals surface area (Å²) in [6.45, 7) is 4.91. The molecule has 1 aliphatic heterocycles. The van der Waals surface area contributed by atoms with Crippen molar-refractivity contribution in [3.63, 3.8) is 0 Å². The minimum absolute atomic E-state index is 0.151. The van der Waals surface area contributed by atoms with Gasteiger partial charge in [-0.3, -0.25) is 4.79 Å². The molecule has 4 rings (SSSR count). The second-order valence-electron chi connectivity index (χ2n) is 6.79. The summed E-state index contributed by atoms with van der Waals surface area (Å²) in [5.74, 6) is 1.07. The highest BCUT2D eigenvalue weighted by Gasteiger charge is 2.23. The molecule has 0 saturated carbocycles. The molecular formula is C21H21ClN4O. The Morgan fingerprint density at radius 1 is 0.963 bits per heavy atom. The highest BCUT2D eigenvalue weighted by molar-refractivity contribution is 6.30. The Hall–Kier alpha value is -2.66. The smallest absolute Gasteiger partial charge is 0.227 e. The van der Waals surface area contributed by atoms with Gasteiger partial charge in [0.2, 0.25) is 5.91 Å². The fraction of sp³-hybridized carbons (Fsp3) is 0.286. The van der Waals surface area contributed by atoms with Crippen molar-refractivity contribution < 1.29 is 4.79 Å². The lowest BCUT2D eigenvalue weighted by molar-refractivity contribution is -0.130. The number of aryl methyl sites for hydroxylation is 1. The third kappa shape index (κ3) is 3.88. The monoisotopic (exact) mass is 380 g/mol. The van der Waals surface area contributed by atoms with Gasteiger partial charge in [-0.2, -0.15) is 0 Å². The number of nitrogens with zero attached hydrogens (tertiary/aromatic N) is 4. The van der Waals surface area contributed by atoms with E-state index in [-0.39, 0.29) is 5.91 Å². The Morgan fingerprint density at radius 2 is 1.59 bits per heavy atom. The zero-order valence-electron chi connectivity index (χ0n) is 15.2. The van der Waals surface area contributed by atoms with Gasteiger partial charge in [-0.1, -0.05) is 35.9 Å². The number of amides is 1. The first-order valence-corrected chi connectivity index (χ1v) is 9.48. The lowest BCUT2D eigenvalue weighted by Gasteiger charge is -2.36. The van der Waals surface area contributed by atoms with Gasteiger partial charge in [-0.05, 0) is 36.8 Å². The van der Waals surface area contributed by atoms with Crippen LogP contribution in [-0.4, -0.2) is 47.0 Å². The average Bonchev–Trinajstić information content (AvgIpc) is 2.69. The van der Waals surface area contributed by atoms with Crippen LogP contribution in [-0.2, 0) is 11.2 Å². The van der Waals surface area contributed by atoms with Crippen LogP contribution in [0.4, 0.5) is 5.82 Å². The third-order valence-corrected chi connectivity index (χ3v) is 5.17. The molecule has 2 aromatic carbocycles. The summed E-state index contributed by atoms with van der Waals surface area (Å²) in [4.78, 5) is 26.2. The van der Waals surface area contributed by atoms with E-state index < -0.39 is 0 Å². The van der Waals surface area contributed by atoms with E-state index in [4.69, 9.17) is 16.6 Å². The number of fused-ring (bicyclic) bond motifs is 1. The molecule has 27 heavy (non-hydrogen) atoms. The lowest BCUT2D eigenvalue weighted by atomic mass is 10.1. The van der Waals surface area contributed by atoms with Gasteiger partial charge in [0.15, 0.2) is 5.82 Å². The van der Waals surface area contributed by atoms with E-state index in [1.54, 1.807) is 0 Å². The van der Waals surface area contributed by atoms with Crippen LogP contribution >= 0.6 is 11.6 Å². The standard InChI is InChI=1S/C21H21ClN4O/c1-15-21(24-19-5-3-2-4-18(19)23-15)26-12-10-25(11-13-26)20(27)14-16-6-8-17(22)9-7-16/h2-9H,10-14H2,1H3. The molecule has 1 aromatic heterocycles. The number of para-hydroxylation sites is 2. The molecule has 6 heteroatoms. The summed E-state index contributed by atoms with van der Waals surface area (Å²) < 4.78 is 0. The van der Waals surface area contributed by atoms with Gasteiger partial charge in [-0.15, -0.1) is 0 Å². The van der Waals surface area contributed by atoms with E-state index >= 15 is 0 Å². The second kappa shape index (κ2) is 7.53. The summed E-state index contributed by atoms with van der Waals surface area (Å²) in [7, 11) is 0. The number of halogens is 1. The van der Waals surface area contributed by atoms with Crippen molar-refractivity contribution in [1.29, 1.82) is 0 Å². The van der Waals surface area contributed by atoms with Crippen LogP contribution in [0.3, 0.4) is 0 Å². The first-order chi connectivity index (χ1) is 13.1. The molecule has 0 atom stereocenters. The fourth-order valence-electron chi connectivity index (χ4n) is 3.43. The average molecular weight is 381 g/mol. The molecular weight excluding hydrogens is 360 g/mol. The van der Waals surface area contributed by atoms with Crippen LogP contribution in [0.25, 0.3) is 11.0 Å². The molecule has 3 aromatic rings. The van der Waals surface area contributed by atoms with Crippen LogP contribution in [0.2, 0.25) is 5.02 Å². The Bertz CT molecular complexity index is 966.